The lowest BCUT2D eigenvalue weighted by atomic mass is 10.1. The Morgan fingerprint density at radius 3 is 2.48 bits per heavy atom. The van der Waals surface area contributed by atoms with Gasteiger partial charge in [0.25, 0.3) is 0 Å². The number of hydrogen-bond acceptors (Lipinski definition) is 6. The van der Waals surface area contributed by atoms with Gasteiger partial charge in [-0.15, -0.1) is 11.3 Å². The Bertz CT molecular complexity index is 811. The first-order chi connectivity index (χ1) is 11.8. The summed E-state index contributed by atoms with van der Waals surface area (Å²) < 4.78 is 31.9. The maximum absolute atomic E-state index is 12.3. The van der Waals surface area contributed by atoms with Crippen molar-refractivity contribution in [3.63, 3.8) is 0 Å². The molecule has 2 rings (SSSR count). The van der Waals surface area contributed by atoms with E-state index in [1.807, 2.05) is 43.3 Å². The molecule has 0 aliphatic heterocycles. The van der Waals surface area contributed by atoms with Crippen molar-refractivity contribution in [2.24, 2.45) is 0 Å². The molecule has 0 spiro atoms. The van der Waals surface area contributed by atoms with Crippen LogP contribution in [0.1, 0.15) is 21.7 Å². The second kappa shape index (κ2) is 8.46. The SMILES string of the molecule is COC(=O)c1sccc1S(=O)(=O)NCCCc1ccc(N(C)C)cc1. The van der Waals surface area contributed by atoms with Gasteiger partial charge in [0.1, 0.15) is 9.77 Å². The first kappa shape index (κ1) is 19.4. The predicted octanol–water partition coefficient (Wildman–Crippen LogP) is 2.51. The van der Waals surface area contributed by atoms with Gasteiger partial charge in [0, 0.05) is 26.3 Å². The third kappa shape index (κ3) is 5.04. The molecule has 0 amide bonds. The van der Waals surface area contributed by atoms with Crippen molar-refractivity contribution in [2.45, 2.75) is 17.7 Å². The molecule has 0 saturated heterocycles. The second-order valence-electron chi connectivity index (χ2n) is 5.67. The number of benzene rings is 1. The molecule has 1 N–H and O–H groups in total. The molecule has 6 nitrogen and oxygen atoms in total. The van der Waals surface area contributed by atoms with Crippen LogP contribution in [-0.2, 0) is 21.2 Å². The average Bonchev–Trinajstić information content (AvgIpc) is 3.09. The number of sulfonamides is 1. The fourth-order valence-corrected chi connectivity index (χ4v) is 4.69. The number of carbonyl (C=O) groups is 1. The van der Waals surface area contributed by atoms with Crippen LogP contribution in [-0.4, -0.2) is 42.1 Å². The van der Waals surface area contributed by atoms with Gasteiger partial charge in [0.2, 0.25) is 10.0 Å². The summed E-state index contributed by atoms with van der Waals surface area (Å²) >= 11 is 1.05. The number of nitrogens with one attached hydrogen (secondary N) is 1. The molecule has 0 atom stereocenters. The topological polar surface area (TPSA) is 75.7 Å². The van der Waals surface area contributed by atoms with Gasteiger partial charge < -0.3 is 9.64 Å². The van der Waals surface area contributed by atoms with Gasteiger partial charge in [-0.3, -0.25) is 0 Å². The van der Waals surface area contributed by atoms with Crippen molar-refractivity contribution in [1.82, 2.24) is 4.72 Å². The number of methoxy groups -OCH3 is 1. The molecule has 136 valence electrons. The van der Waals surface area contributed by atoms with E-state index in [1.165, 1.54) is 13.2 Å². The third-order valence-corrected chi connectivity index (χ3v) is 6.20. The number of thiophene rings is 1. The monoisotopic (exact) mass is 382 g/mol. The first-order valence-electron chi connectivity index (χ1n) is 7.77. The normalized spacial score (nSPS) is 11.3. The molecule has 25 heavy (non-hydrogen) atoms. The van der Waals surface area contributed by atoms with E-state index >= 15 is 0 Å². The van der Waals surface area contributed by atoms with Crippen LogP contribution < -0.4 is 9.62 Å². The van der Waals surface area contributed by atoms with E-state index in [0.29, 0.717) is 13.0 Å². The van der Waals surface area contributed by atoms with Gasteiger partial charge in [0.05, 0.1) is 7.11 Å². The standard InChI is InChI=1S/C17H22N2O4S2/c1-19(2)14-8-6-13(7-9-14)5-4-11-18-25(21,22)15-10-12-24-16(15)17(20)23-3/h6-10,12,18H,4-5,11H2,1-3H3. The minimum atomic E-state index is -3.72. The van der Waals surface area contributed by atoms with Gasteiger partial charge >= 0.3 is 5.97 Å². The van der Waals surface area contributed by atoms with Gasteiger partial charge in [-0.1, -0.05) is 12.1 Å². The molecule has 0 fully saturated rings. The Hall–Kier alpha value is -1.90. The molecular formula is C17H22N2O4S2. The molecule has 0 aliphatic rings. The molecule has 1 aromatic carbocycles. The highest BCUT2D eigenvalue weighted by molar-refractivity contribution is 7.89. The Morgan fingerprint density at radius 2 is 1.88 bits per heavy atom. The Kier molecular flexibility index (Phi) is 6.57. The summed E-state index contributed by atoms with van der Waals surface area (Å²) in [4.78, 5) is 13.7. The lowest BCUT2D eigenvalue weighted by Gasteiger charge is -2.12. The molecule has 0 radical (unpaired) electrons. The summed E-state index contributed by atoms with van der Waals surface area (Å²) in [6.07, 6.45) is 1.43. The highest BCUT2D eigenvalue weighted by atomic mass is 32.2. The van der Waals surface area contributed by atoms with Crippen LogP contribution in [0, 0.1) is 0 Å². The summed E-state index contributed by atoms with van der Waals surface area (Å²) in [6.45, 7) is 0.300. The summed E-state index contributed by atoms with van der Waals surface area (Å²) in [5, 5.41) is 1.56. The number of hydrogen-bond donors (Lipinski definition) is 1. The highest BCUT2D eigenvalue weighted by Gasteiger charge is 2.24. The van der Waals surface area contributed by atoms with Crippen molar-refractivity contribution in [2.75, 3.05) is 32.6 Å². The fourth-order valence-electron chi connectivity index (χ4n) is 2.29. The zero-order chi connectivity index (χ0) is 18.4. The van der Waals surface area contributed by atoms with Crippen LogP contribution in [0.15, 0.2) is 40.6 Å². The van der Waals surface area contributed by atoms with Crippen LogP contribution in [0.2, 0.25) is 0 Å². The van der Waals surface area contributed by atoms with Crippen molar-refractivity contribution in [3.8, 4) is 0 Å². The lowest BCUT2D eigenvalue weighted by molar-refractivity contribution is 0.0602. The Morgan fingerprint density at radius 1 is 1.20 bits per heavy atom. The molecule has 0 saturated carbocycles. The zero-order valence-corrected chi connectivity index (χ0v) is 16.1. The van der Waals surface area contributed by atoms with Gasteiger partial charge in [-0.25, -0.2) is 17.9 Å². The molecule has 1 aromatic heterocycles. The number of carbonyl (C=O) groups excluding carboxylic acids is 1. The van der Waals surface area contributed by atoms with E-state index in [4.69, 9.17) is 0 Å². The fraction of sp³-hybridized carbons (Fsp3) is 0.353. The van der Waals surface area contributed by atoms with E-state index < -0.39 is 16.0 Å². The average molecular weight is 383 g/mol. The quantitative estimate of drug-likeness (QED) is 0.561. The molecule has 2 aromatic rings. The predicted molar refractivity (Wildman–Crippen MR) is 99.9 cm³/mol. The van der Waals surface area contributed by atoms with Crippen LogP contribution in [0.3, 0.4) is 0 Å². The summed E-state index contributed by atoms with van der Waals surface area (Å²) in [6, 6.07) is 9.57. The van der Waals surface area contributed by atoms with E-state index in [2.05, 4.69) is 9.46 Å². The lowest BCUT2D eigenvalue weighted by Crippen LogP contribution is -2.26. The van der Waals surface area contributed by atoms with E-state index in [1.54, 1.807) is 5.38 Å². The minimum absolute atomic E-state index is 0.0281. The molecule has 0 bridgehead atoms. The molecular weight excluding hydrogens is 360 g/mol. The molecule has 1 heterocycles. The van der Waals surface area contributed by atoms with E-state index in [-0.39, 0.29) is 9.77 Å². The van der Waals surface area contributed by atoms with Crippen molar-refractivity contribution in [3.05, 3.63) is 46.2 Å². The number of nitrogens with zero attached hydrogens (tertiary/aromatic N) is 1. The van der Waals surface area contributed by atoms with Crippen molar-refractivity contribution in [1.29, 1.82) is 0 Å². The highest BCUT2D eigenvalue weighted by Crippen LogP contribution is 2.22. The Balaban J connectivity index is 1.90. The van der Waals surface area contributed by atoms with Crippen molar-refractivity contribution >= 4 is 33.0 Å². The molecule has 0 unspecified atom stereocenters. The zero-order valence-electron chi connectivity index (χ0n) is 14.5. The number of ether oxygens (including phenoxy) is 1. The third-order valence-electron chi connectivity index (χ3n) is 3.68. The number of aryl methyl sites for hydroxylation is 1. The summed E-state index contributed by atoms with van der Waals surface area (Å²) in [7, 11) is 1.47. The molecule has 0 aliphatic carbocycles. The first-order valence-corrected chi connectivity index (χ1v) is 10.1. The van der Waals surface area contributed by atoms with E-state index in [9.17, 15) is 13.2 Å². The molecule has 8 heteroatoms. The minimum Gasteiger partial charge on any atom is -0.465 e. The van der Waals surface area contributed by atoms with Gasteiger partial charge in [0.15, 0.2) is 0 Å². The number of esters is 1. The van der Waals surface area contributed by atoms with Crippen LogP contribution in [0.25, 0.3) is 0 Å². The van der Waals surface area contributed by atoms with Crippen LogP contribution in [0.4, 0.5) is 5.69 Å². The van der Waals surface area contributed by atoms with Gasteiger partial charge in [-0.05, 0) is 42.0 Å². The second-order valence-corrected chi connectivity index (χ2v) is 8.32. The summed E-state index contributed by atoms with van der Waals surface area (Å²) in [5.41, 5.74) is 2.27. The van der Waals surface area contributed by atoms with Crippen LogP contribution >= 0.6 is 11.3 Å². The number of anilines is 1. The maximum Gasteiger partial charge on any atom is 0.349 e. The smallest absolute Gasteiger partial charge is 0.349 e. The van der Waals surface area contributed by atoms with Crippen molar-refractivity contribution < 1.29 is 17.9 Å². The Labute approximate surface area is 152 Å². The maximum atomic E-state index is 12.3. The van der Waals surface area contributed by atoms with Gasteiger partial charge in [-0.2, -0.15) is 0 Å². The number of rotatable bonds is 8. The van der Waals surface area contributed by atoms with E-state index in [0.717, 1.165) is 29.0 Å². The largest absolute Gasteiger partial charge is 0.465 e. The summed E-state index contributed by atoms with van der Waals surface area (Å²) in [5.74, 6) is -0.642. The van der Waals surface area contributed by atoms with Crippen LogP contribution in [0.5, 0.6) is 0 Å².